The van der Waals surface area contributed by atoms with Crippen LogP contribution in [0, 0.1) is 92.7 Å². The summed E-state index contributed by atoms with van der Waals surface area (Å²) in [4.78, 5) is 0. The second-order valence-corrected chi connectivity index (χ2v) is 19.0. The molecule has 0 aliphatic heterocycles. The molecule has 8 unspecified atom stereocenters. The van der Waals surface area contributed by atoms with Gasteiger partial charge in [-0.3, -0.25) is 0 Å². The Bertz CT molecular complexity index is 735. The van der Waals surface area contributed by atoms with E-state index in [0.717, 1.165) is 47.3 Å². The van der Waals surface area contributed by atoms with E-state index in [-0.39, 0.29) is 17.4 Å². The first-order valence-corrected chi connectivity index (χ1v) is 17.8. The van der Waals surface area contributed by atoms with Crippen LogP contribution >= 0.6 is 0 Å². The van der Waals surface area contributed by atoms with Gasteiger partial charge in [0.05, 0.1) is 0 Å². The van der Waals surface area contributed by atoms with Crippen LogP contribution in [0.3, 0.4) is 0 Å². The van der Waals surface area contributed by atoms with Crippen LogP contribution in [0.5, 0.6) is 0 Å². The minimum absolute atomic E-state index is 0. The van der Waals surface area contributed by atoms with Gasteiger partial charge in [-0.25, -0.2) is 0 Å². The van der Waals surface area contributed by atoms with Crippen molar-refractivity contribution < 1.29 is 17.4 Å². The van der Waals surface area contributed by atoms with Gasteiger partial charge in [0.2, 0.25) is 0 Å². The fraction of sp³-hybridized carbons (Fsp3) is 0.900. The molecular formula is C40H68Cr. The van der Waals surface area contributed by atoms with Gasteiger partial charge in [-0.15, -0.1) is 0 Å². The van der Waals surface area contributed by atoms with Crippen LogP contribution in [0.25, 0.3) is 0 Å². The first-order chi connectivity index (χ1) is 18.4. The minimum Gasteiger partial charge on any atom is -0.310 e. The summed E-state index contributed by atoms with van der Waals surface area (Å²) in [5.41, 5.74) is 2.58. The third-order valence-corrected chi connectivity index (χ3v) is 14.8. The van der Waals surface area contributed by atoms with Gasteiger partial charge in [-0.2, -0.15) is 75.0 Å². The number of hydrogen-bond donors (Lipinski definition) is 0. The quantitative estimate of drug-likeness (QED) is 0.243. The molecule has 8 rings (SSSR count). The van der Waals surface area contributed by atoms with Crippen molar-refractivity contribution in [1.82, 2.24) is 0 Å². The molecule has 0 heterocycles. The van der Waals surface area contributed by atoms with Crippen molar-refractivity contribution >= 4 is 0 Å². The Hall–Kier alpha value is 0.532. The maximum absolute atomic E-state index is 2.43. The normalized spacial score (nSPS) is 43.6. The van der Waals surface area contributed by atoms with E-state index in [9.17, 15) is 0 Å². The van der Waals surface area contributed by atoms with Crippen LogP contribution in [-0.4, -0.2) is 0 Å². The SMILES string of the molecule is CC1[C-]2CCC1C(C)(C)C2.CC1[C-]2CCC1C(C)(C)C2.CC1[C-]2CCC1C(C)(C)C2.CC1[C-]2CCC1C(C)(C)C2.[Cr+4]. The molecule has 8 bridgehead atoms. The van der Waals surface area contributed by atoms with E-state index < -0.39 is 0 Å². The summed E-state index contributed by atoms with van der Waals surface area (Å²) in [6.45, 7) is 29.1. The van der Waals surface area contributed by atoms with Crippen molar-refractivity contribution in [3.8, 4) is 0 Å². The molecule has 0 aromatic carbocycles. The minimum atomic E-state index is 0. The molecule has 8 aliphatic carbocycles. The molecule has 0 saturated heterocycles. The van der Waals surface area contributed by atoms with E-state index in [4.69, 9.17) is 0 Å². The van der Waals surface area contributed by atoms with E-state index in [1.165, 1.54) is 77.0 Å². The number of fused-ring (bicyclic) bond motifs is 8. The summed E-state index contributed by atoms with van der Waals surface area (Å²) in [6.07, 6.45) is 17.3. The van der Waals surface area contributed by atoms with Crippen LogP contribution in [-0.2, 0) is 17.4 Å². The van der Waals surface area contributed by atoms with Crippen molar-refractivity contribution in [2.45, 2.75) is 160 Å². The predicted molar refractivity (Wildman–Crippen MR) is 174 cm³/mol. The number of rotatable bonds is 0. The van der Waals surface area contributed by atoms with E-state index >= 15 is 0 Å². The average molecular weight is 601 g/mol. The first kappa shape index (κ1) is 34.4. The molecule has 0 spiro atoms. The van der Waals surface area contributed by atoms with Gasteiger partial charge >= 0.3 is 17.4 Å². The largest absolute Gasteiger partial charge is 4.00 e. The zero-order valence-electron chi connectivity index (χ0n) is 29.5. The molecule has 234 valence electrons. The van der Waals surface area contributed by atoms with Crippen LogP contribution in [0.4, 0.5) is 0 Å². The summed E-state index contributed by atoms with van der Waals surface area (Å²) in [7, 11) is 0. The van der Waals surface area contributed by atoms with Gasteiger partial charge < -0.3 is 23.7 Å². The molecule has 0 radical (unpaired) electrons. The smallest absolute Gasteiger partial charge is 0.310 e. The van der Waals surface area contributed by atoms with E-state index in [0.29, 0.717) is 21.7 Å². The second kappa shape index (κ2) is 12.0. The molecule has 0 aromatic heterocycles. The van der Waals surface area contributed by atoms with Crippen molar-refractivity contribution in [3.63, 3.8) is 0 Å². The second-order valence-electron chi connectivity index (χ2n) is 19.0. The zero-order valence-corrected chi connectivity index (χ0v) is 30.8. The summed E-state index contributed by atoms with van der Waals surface area (Å²) in [6, 6.07) is 0. The van der Waals surface area contributed by atoms with Crippen LogP contribution in [0.2, 0.25) is 0 Å². The summed E-state index contributed by atoms with van der Waals surface area (Å²) >= 11 is 0. The Kier molecular flexibility index (Phi) is 10.1. The monoisotopic (exact) mass is 600 g/mol. The van der Waals surface area contributed by atoms with Gasteiger partial charge in [0.1, 0.15) is 0 Å². The molecule has 8 atom stereocenters. The van der Waals surface area contributed by atoms with Crippen molar-refractivity contribution in [1.29, 1.82) is 0 Å². The molecular weight excluding hydrogens is 532 g/mol. The Morgan fingerprint density at radius 2 is 0.537 bits per heavy atom. The first-order valence-electron chi connectivity index (χ1n) is 17.8. The summed E-state index contributed by atoms with van der Waals surface area (Å²) in [5.74, 6) is 15.3. The average Bonchev–Trinajstić information content (AvgIpc) is 3.70. The topological polar surface area (TPSA) is 0 Å². The molecule has 0 amide bonds. The van der Waals surface area contributed by atoms with Crippen molar-refractivity contribution in [2.24, 2.45) is 69.0 Å². The third kappa shape index (κ3) is 6.46. The van der Waals surface area contributed by atoms with Crippen molar-refractivity contribution in [2.75, 3.05) is 0 Å². The molecule has 8 fully saturated rings. The number of hydrogen-bond acceptors (Lipinski definition) is 0. The van der Waals surface area contributed by atoms with E-state index in [1.807, 2.05) is 23.7 Å². The molecule has 8 aliphatic rings. The zero-order chi connectivity index (χ0) is 29.4. The Labute approximate surface area is 269 Å². The Balaban J connectivity index is 0.000000125. The molecule has 8 saturated carbocycles. The fourth-order valence-corrected chi connectivity index (χ4v) is 12.5. The maximum atomic E-state index is 2.43. The predicted octanol–water partition coefficient (Wildman–Crippen LogP) is 12.1. The van der Waals surface area contributed by atoms with Gasteiger partial charge in [-0.1, -0.05) is 154 Å². The standard InChI is InChI=1S/4C10H17.Cr/c4*1-7-8-4-5-9(7)10(2,3)6-8;/h4*7,9H,4-6H2,1-3H3;/q4*-1;+4. The summed E-state index contributed by atoms with van der Waals surface area (Å²) in [5, 5.41) is 0. The van der Waals surface area contributed by atoms with Gasteiger partial charge in [0.25, 0.3) is 0 Å². The van der Waals surface area contributed by atoms with E-state index in [2.05, 4.69) is 83.1 Å². The van der Waals surface area contributed by atoms with Gasteiger partial charge in [0.15, 0.2) is 0 Å². The van der Waals surface area contributed by atoms with Gasteiger partial charge in [-0.05, 0) is 0 Å². The van der Waals surface area contributed by atoms with Gasteiger partial charge in [0, 0.05) is 0 Å². The fourth-order valence-electron chi connectivity index (χ4n) is 12.5. The third-order valence-electron chi connectivity index (χ3n) is 14.8. The van der Waals surface area contributed by atoms with Crippen LogP contribution in [0.1, 0.15) is 160 Å². The van der Waals surface area contributed by atoms with Crippen LogP contribution < -0.4 is 0 Å². The molecule has 0 nitrogen and oxygen atoms in total. The van der Waals surface area contributed by atoms with Crippen molar-refractivity contribution in [3.05, 3.63) is 23.7 Å². The molecule has 41 heavy (non-hydrogen) atoms. The van der Waals surface area contributed by atoms with Crippen LogP contribution in [0.15, 0.2) is 0 Å². The molecule has 0 N–H and O–H groups in total. The maximum Gasteiger partial charge on any atom is 4.00 e. The van der Waals surface area contributed by atoms with E-state index in [1.54, 1.807) is 0 Å². The Morgan fingerprint density at radius 1 is 0.366 bits per heavy atom. The Morgan fingerprint density at radius 3 is 0.585 bits per heavy atom. The summed E-state index contributed by atoms with van der Waals surface area (Å²) < 4.78 is 0. The molecule has 0 aromatic rings. The molecule has 1 heteroatoms.